The summed E-state index contributed by atoms with van der Waals surface area (Å²) in [6.45, 7) is 2.98. The summed E-state index contributed by atoms with van der Waals surface area (Å²) in [6.07, 6.45) is 8.30. The summed E-state index contributed by atoms with van der Waals surface area (Å²) >= 11 is 12.3. The first-order valence-electron chi connectivity index (χ1n) is 14.8. The molecule has 1 aliphatic rings. The van der Waals surface area contributed by atoms with Crippen molar-refractivity contribution in [3.63, 3.8) is 0 Å². The second-order valence-corrected chi connectivity index (χ2v) is 12.0. The lowest BCUT2D eigenvalue weighted by atomic mass is 9.96. The Hall–Kier alpha value is -4.39. The van der Waals surface area contributed by atoms with Crippen molar-refractivity contribution in [3.05, 3.63) is 93.2 Å². The second-order valence-electron chi connectivity index (χ2n) is 11.2. The molecule has 5 aromatic rings. The Morgan fingerprint density at radius 2 is 1.93 bits per heavy atom. The van der Waals surface area contributed by atoms with Gasteiger partial charge in [0.2, 0.25) is 5.91 Å². The average molecular weight is 666 g/mol. The van der Waals surface area contributed by atoms with Gasteiger partial charge in [-0.05, 0) is 49.6 Å². The fraction of sp³-hybridized carbons (Fsp3) is 0.312. The molecule has 4 aromatic heterocycles. The Bertz CT molecular complexity index is 1960. The van der Waals surface area contributed by atoms with Crippen LogP contribution < -0.4 is 10.9 Å². The number of anilines is 1. The molecule has 11 nitrogen and oxygen atoms in total. The molecule has 1 aliphatic heterocycles. The van der Waals surface area contributed by atoms with Gasteiger partial charge in [-0.15, -0.1) is 5.10 Å². The van der Waals surface area contributed by atoms with E-state index < -0.39 is 17.4 Å². The van der Waals surface area contributed by atoms with E-state index in [1.54, 1.807) is 37.7 Å². The van der Waals surface area contributed by atoms with E-state index in [-0.39, 0.29) is 22.5 Å². The Labute approximate surface area is 273 Å². The fourth-order valence-corrected chi connectivity index (χ4v) is 6.08. The van der Waals surface area contributed by atoms with Gasteiger partial charge in [-0.2, -0.15) is 5.10 Å². The normalized spacial score (nSPS) is 16.8. The fourth-order valence-electron chi connectivity index (χ4n) is 5.78. The summed E-state index contributed by atoms with van der Waals surface area (Å²) < 4.78 is 25.9. The highest BCUT2D eigenvalue weighted by atomic mass is 35.5. The molecule has 0 aliphatic carbocycles. The third-order valence-electron chi connectivity index (χ3n) is 8.10. The molecule has 0 saturated heterocycles. The minimum Gasteiger partial charge on any atom is -0.385 e. The van der Waals surface area contributed by atoms with Crippen LogP contribution >= 0.6 is 23.2 Å². The molecule has 6 rings (SSSR count). The molecular formula is C32H31Cl2FN8O3. The summed E-state index contributed by atoms with van der Waals surface area (Å²) in [5, 5.41) is 15.9. The number of ether oxygens (including phenoxy) is 1. The summed E-state index contributed by atoms with van der Waals surface area (Å²) in [5.74, 6) is -1.07. The molecule has 0 saturated carbocycles. The topological polar surface area (TPSA) is 122 Å². The lowest BCUT2D eigenvalue weighted by molar-refractivity contribution is -0.119. The van der Waals surface area contributed by atoms with Crippen LogP contribution in [0.4, 0.5) is 10.1 Å². The van der Waals surface area contributed by atoms with E-state index >= 15 is 4.39 Å². The summed E-state index contributed by atoms with van der Waals surface area (Å²) in [7, 11) is 1.64. The van der Waals surface area contributed by atoms with Gasteiger partial charge >= 0.3 is 0 Å². The van der Waals surface area contributed by atoms with E-state index in [0.717, 1.165) is 17.7 Å². The van der Waals surface area contributed by atoms with E-state index in [1.807, 2.05) is 23.7 Å². The number of benzene rings is 1. The lowest BCUT2D eigenvalue weighted by Gasteiger charge is -2.23. The van der Waals surface area contributed by atoms with Crippen LogP contribution in [0.3, 0.4) is 0 Å². The van der Waals surface area contributed by atoms with Crippen molar-refractivity contribution in [3.8, 4) is 28.1 Å². The molecule has 1 amide bonds. The van der Waals surface area contributed by atoms with Gasteiger partial charge in [0.1, 0.15) is 5.82 Å². The van der Waals surface area contributed by atoms with Crippen LogP contribution in [-0.2, 0) is 16.1 Å². The van der Waals surface area contributed by atoms with Crippen LogP contribution in [0.1, 0.15) is 44.3 Å². The molecule has 1 aromatic carbocycles. The maximum absolute atomic E-state index is 16.1. The molecule has 46 heavy (non-hydrogen) atoms. The van der Waals surface area contributed by atoms with Crippen molar-refractivity contribution >= 4 is 34.8 Å². The predicted molar refractivity (Wildman–Crippen MR) is 173 cm³/mol. The monoisotopic (exact) mass is 664 g/mol. The van der Waals surface area contributed by atoms with Crippen LogP contribution in [0.5, 0.6) is 0 Å². The molecule has 2 bridgehead atoms. The number of nitrogens with zero attached hydrogens (tertiary/aromatic N) is 7. The number of fused-ring (bicyclic) bond motifs is 4. The number of amides is 1. The number of carbonyl (C=O) groups excluding carboxylic acids is 1. The number of rotatable bonds is 7. The number of methoxy groups -OCH3 is 1. The minimum atomic E-state index is -0.636. The van der Waals surface area contributed by atoms with Gasteiger partial charge in [-0.25, -0.2) is 9.07 Å². The number of halogens is 3. The first-order valence-corrected chi connectivity index (χ1v) is 15.6. The highest BCUT2D eigenvalue weighted by molar-refractivity contribution is 6.31. The number of hydrogen-bond donors (Lipinski definition) is 1. The Balaban J connectivity index is 1.45. The summed E-state index contributed by atoms with van der Waals surface area (Å²) in [4.78, 5) is 31.6. The van der Waals surface area contributed by atoms with Crippen LogP contribution in [-0.4, -0.2) is 53.9 Å². The van der Waals surface area contributed by atoms with Crippen molar-refractivity contribution in [1.82, 2.24) is 34.3 Å². The maximum atomic E-state index is 16.1. The minimum absolute atomic E-state index is 0.0510. The first kappa shape index (κ1) is 31.6. The zero-order valence-electron chi connectivity index (χ0n) is 25.2. The van der Waals surface area contributed by atoms with Crippen LogP contribution in [0.15, 0.2) is 66.0 Å². The Morgan fingerprint density at radius 1 is 1.09 bits per heavy atom. The van der Waals surface area contributed by atoms with E-state index in [4.69, 9.17) is 27.9 Å². The lowest BCUT2D eigenvalue weighted by Crippen LogP contribution is -2.27. The number of carbonyl (C=O) groups is 1. The quantitative estimate of drug-likeness (QED) is 0.206. The third-order valence-corrected chi connectivity index (χ3v) is 8.51. The molecule has 238 valence electrons. The third kappa shape index (κ3) is 6.46. The molecule has 1 N–H and O–H groups in total. The molecule has 2 atom stereocenters. The van der Waals surface area contributed by atoms with Crippen molar-refractivity contribution in [1.29, 1.82) is 0 Å². The van der Waals surface area contributed by atoms with E-state index in [0.29, 0.717) is 60.1 Å². The number of nitrogens with one attached hydrogen (secondary N) is 1. The van der Waals surface area contributed by atoms with Gasteiger partial charge in [0.05, 0.1) is 41.2 Å². The van der Waals surface area contributed by atoms with E-state index in [1.165, 1.54) is 27.7 Å². The summed E-state index contributed by atoms with van der Waals surface area (Å²) in [6, 6.07) is 9.20. The smallest absolute Gasteiger partial charge is 0.251 e. The van der Waals surface area contributed by atoms with Gasteiger partial charge in [-0.1, -0.05) is 41.8 Å². The van der Waals surface area contributed by atoms with Gasteiger partial charge in [0.15, 0.2) is 5.15 Å². The van der Waals surface area contributed by atoms with E-state index in [9.17, 15) is 9.59 Å². The van der Waals surface area contributed by atoms with E-state index in [2.05, 4.69) is 25.7 Å². The molecule has 0 fully saturated rings. The largest absolute Gasteiger partial charge is 0.385 e. The molecule has 0 radical (unpaired) electrons. The van der Waals surface area contributed by atoms with Gasteiger partial charge in [0.25, 0.3) is 5.56 Å². The predicted octanol–water partition coefficient (Wildman–Crippen LogP) is 6.18. The molecule has 14 heteroatoms. The van der Waals surface area contributed by atoms with Crippen molar-refractivity contribution in [2.24, 2.45) is 5.92 Å². The SMILES string of the molecule is COCCCn1ncc2c1-c1ccnc(c1)[C@@H](n1cc(F)c(-c3cc(Cl)ccc3-n3cc(Cl)nn3)cc1=O)CCC[C@@H](C)C(=O)N2. The Kier molecular flexibility index (Phi) is 9.29. The van der Waals surface area contributed by atoms with Crippen molar-refractivity contribution in [2.45, 2.75) is 45.2 Å². The summed E-state index contributed by atoms with van der Waals surface area (Å²) in [5.41, 5.74) is 3.07. The van der Waals surface area contributed by atoms with Gasteiger partial charge in [0, 0.05) is 66.4 Å². The van der Waals surface area contributed by atoms with Gasteiger partial charge < -0.3 is 14.6 Å². The molecule has 0 spiro atoms. The van der Waals surface area contributed by atoms with Crippen LogP contribution in [0, 0.1) is 11.7 Å². The number of hydrogen-bond acceptors (Lipinski definition) is 7. The zero-order valence-corrected chi connectivity index (χ0v) is 26.7. The second kappa shape index (κ2) is 13.5. The maximum Gasteiger partial charge on any atom is 0.251 e. The Morgan fingerprint density at radius 3 is 2.72 bits per heavy atom. The highest BCUT2D eigenvalue weighted by Gasteiger charge is 2.25. The zero-order chi connectivity index (χ0) is 32.4. The van der Waals surface area contributed by atoms with Crippen LogP contribution in [0.25, 0.3) is 28.1 Å². The first-order chi connectivity index (χ1) is 22.2. The number of aryl methyl sites for hydroxylation is 1. The average Bonchev–Trinajstić information content (AvgIpc) is 3.65. The molecule has 0 unspecified atom stereocenters. The molecular weight excluding hydrogens is 634 g/mol. The van der Waals surface area contributed by atoms with Crippen LogP contribution in [0.2, 0.25) is 10.2 Å². The van der Waals surface area contributed by atoms with Crippen molar-refractivity contribution in [2.75, 3.05) is 19.0 Å². The number of pyridine rings is 2. The standard InChI is InChI=1S/C32H31Cl2FN8O3/c1-19-5-3-6-28(25-13-20(9-10-36-25)31-26(38-32(19)45)16-37-42(31)11-4-12-46-2)41-17-24(35)22(15-30(41)44)23-14-21(33)7-8-27(23)43-18-29(34)39-40-43/h7-10,13-19,28H,3-6,11-12H2,1-2H3,(H,38,45)/t19-,28+/m1/s1. The molecule has 5 heterocycles. The number of aromatic nitrogens is 7. The highest BCUT2D eigenvalue weighted by Crippen LogP contribution is 2.35. The van der Waals surface area contributed by atoms with Gasteiger partial charge in [-0.3, -0.25) is 19.3 Å². The van der Waals surface area contributed by atoms with Crippen molar-refractivity contribution < 1.29 is 13.9 Å².